The van der Waals surface area contributed by atoms with E-state index in [9.17, 15) is 0 Å². The molecule has 0 aromatic carbocycles. The second-order valence-corrected chi connectivity index (χ2v) is 11.3. The van der Waals surface area contributed by atoms with E-state index >= 15 is 0 Å². The Labute approximate surface area is 174 Å². The number of allylic oxidation sites excluding steroid dienone is 8. The molecule has 0 saturated heterocycles. The van der Waals surface area contributed by atoms with Gasteiger partial charge in [-0.15, -0.1) is 0 Å². The molecule has 28 heavy (non-hydrogen) atoms. The number of rotatable bonds is 4. The molecule has 0 aromatic rings. The summed E-state index contributed by atoms with van der Waals surface area (Å²) >= 11 is 0. The predicted octanol–water partition coefficient (Wildman–Crippen LogP) is 8.28. The van der Waals surface area contributed by atoms with Crippen LogP contribution in [0, 0.1) is 40.4 Å². The van der Waals surface area contributed by atoms with Crippen LogP contribution in [0.3, 0.4) is 0 Å². The minimum Gasteiger partial charge on any atom is -0.0852 e. The second kappa shape index (κ2) is 7.33. The third-order valence-corrected chi connectivity index (χ3v) is 9.39. The molecule has 0 aliphatic heterocycles. The highest BCUT2D eigenvalue weighted by atomic mass is 14.6. The fourth-order valence-corrected chi connectivity index (χ4v) is 7.01. The van der Waals surface area contributed by atoms with Gasteiger partial charge in [-0.3, -0.25) is 0 Å². The monoisotopic (exact) mass is 378 g/mol. The van der Waals surface area contributed by atoms with E-state index in [1.54, 1.807) is 16.7 Å². The number of fused-ring (bicyclic) bond motifs is 5. The molecule has 0 heterocycles. The molecule has 0 bridgehead atoms. The van der Waals surface area contributed by atoms with E-state index in [-0.39, 0.29) is 0 Å². The van der Waals surface area contributed by atoms with Crippen LogP contribution in [0.5, 0.6) is 0 Å². The van der Waals surface area contributed by atoms with Gasteiger partial charge in [0.1, 0.15) is 0 Å². The Hall–Kier alpha value is -1.04. The quantitative estimate of drug-likeness (QED) is 0.432. The molecule has 0 nitrogen and oxygen atoms in total. The highest BCUT2D eigenvalue weighted by molar-refractivity contribution is 5.53. The summed E-state index contributed by atoms with van der Waals surface area (Å²) in [5, 5.41) is 0. The molecule has 0 amide bonds. The molecule has 4 rings (SSSR count). The third-order valence-electron chi connectivity index (χ3n) is 9.39. The van der Waals surface area contributed by atoms with Crippen LogP contribution in [0.15, 0.2) is 47.1 Å². The van der Waals surface area contributed by atoms with E-state index < -0.39 is 0 Å². The van der Waals surface area contributed by atoms with Crippen molar-refractivity contribution in [3.8, 4) is 0 Å². The molecular weight excluding hydrogens is 336 g/mol. The van der Waals surface area contributed by atoms with Crippen LogP contribution in [0.2, 0.25) is 0 Å². The first-order valence-electron chi connectivity index (χ1n) is 12.1. The summed E-state index contributed by atoms with van der Waals surface area (Å²) < 4.78 is 0. The zero-order valence-electron chi connectivity index (χ0n) is 19.2. The minimum atomic E-state index is 0.347. The van der Waals surface area contributed by atoms with E-state index in [0.717, 1.165) is 17.8 Å². The van der Waals surface area contributed by atoms with Crippen LogP contribution >= 0.6 is 0 Å². The molecule has 154 valence electrons. The standard InChI is InChI=1S/C28H42/c1-19(2)20(3)10-11-21(4)24-14-15-25-23-13-12-22-9-7-8-17-27(22,5)26(23)16-18-28(24,25)6/h10-13,16,19-21,24-25H,7-9,14-15,17-18H2,1-6H3/b11-10+. The highest BCUT2D eigenvalue weighted by Gasteiger charge is 2.53. The Morgan fingerprint density at radius 3 is 2.54 bits per heavy atom. The van der Waals surface area contributed by atoms with Crippen molar-refractivity contribution >= 4 is 0 Å². The van der Waals surface area contributed by atoms with Gasteiger partial charge in [0.15, 0.2) is 0 Å². The van der Waals surface area contributed by atoms with E-state index in [4.69, 9.17) is 0 Å². The molecule has 0 radical (unpaired) electrons. The first-order valence-corrected chi connectivity index (χ1v) is 12.1. The summed E-state index contributed by atoms with van der Waals surface area (Å²) in [4.78, 5) is 0. The zero-order chi connectivity index (χ0) is 20.1. The van der Waals surface area contributed by atoms with Gasteiger partial charge >= 0.3 is 0 Å². The molecule has 0 aromatic heterocycles. The summed E-state index contributed by atoms with van der Waals surface area (Å²) in [6, 6.07) is 0. The Bertz CT molecular complexity index is 729. The number of hydrogen-bond acceptors (Lipinski definition) is 0. The fraction of sp³-hybridized carbons (Fsp3) is 0.714. The van der Waals surface area contributed by atoms with E-state index in [1.165, 1.54) is 44.9 Å². The van der Waals surface area contributed by atoms with E-state index in [1.807, 2.05) is 0 Å². The smallest absolute Gasteiger partial charge is 0.0136 e. The van der Waals surface area contributed by atoms with Crippen molar-refractivity contribution in [3.05, 3.63) is 47.1 Å². The largest absolute Gasteiger partial charge is 0.0852 e. The van der Waals surface area contributed by atoms with Gasteiger partial charge in [0, 0.05) is 5.41 Å². The summed E-state index contributed by atoms with van der Waals surface area (Å²) in [6.07, 6.45) is 22.3. The van der Waals surface area contributed by atoms with Crippen LogP contribution in [0.1, 0.15) is 86.5 Å². The van der Waals surface area contributed by atoms with Gasteiger partial charge in [-0.25, -0.2) is 0 Å². The summed E-state index contributed by atoms with van der Waals surface area (Å²) in [5.41, 5.74) is 5.95. The van der Waals surface area contributed by atoms with Crippen molar-refractivity contribution in [2.75, 3.05) is 0 Å². The number of hydrogen-bond donors (Lipinski definition) is 0. The lowest BCUT2D eigenvalue weighted by atomic mass is 9.54. The zero-order valence-corrected chi connectivity index (χ0v) is 19.2. The summed E-state index contributed by atoms with van der Waals surface area (Å²) in [7, 11) is 0. The maximum Gasteiger partial charge on any atom is 0.0136 e. The van der Waals surface area contributed by atoms with Crippen molar-refractivity contribution in [3.63, 3.8) is 0 Å². The first-order chi connectivity index (χ1) is 13.3. The van der Waals surface area contributed by atoms with Crippen LogP contribution in [0.4, 0.5) is 0 Å². The SMILES string of the molecule is CC(C)C(C)/C=C/C(C)C1CCC2C3=CC=C4CCCCC4(C)C3=CCC21C. The Balaban J connectivity index is 1.60. The third kappa shape index (κ3) is 3.10. The lowest BCUT2D eigenvalue weighted by Gasteiger charge is -2.50. The molecule has 4 aliphatic rings. The van der Waals surface area contributed by atoms with Gasteiger partial charge in [-0.2, -0.15) is 0 Å². The van der Waals surface area contributed by atoms with Crippen LogP contribution in [0.25, 0.3) is 0 Å². The molecule has 0 N–H and O–H groups in total. The van der Waals surface area contributed by atoms with Crippen molar-refractivity contribution in [1.29, 1.82) is 0 Å². The Morgan fingerprint density at radius 1 is 1.00 bits per heavy atom. The van der Waals surface area contributed by atoms with Crippen molar-refractivity contribution in [2.24, 2.45) is 40.4 Å². The van der Waals surface area contributed by atoms with Crippen molar-refractivity contribution in [2.45, 2.75) is 86.5 Å². The van der Waals surface area contributed by atoms with Crippen molar-refractivity contribution < 1.29 is 0 Å². The fourth-order valence-electron chi connectivity index (χ4n) is 7.01. The van der Waals surface area contributed by atoms with Crippen LogP contribution in [-0.2, 0) is 0 Å². The van der Waals surface area contributed by atoms with Crippen LogP contribution < -0.4 is 0 Å². The average molecular weight is 379 g/mol. The van der Waals surface area contributed by atoms with Gasteiger partial charge in [0.25, 0.3) is 0 Å². The molecule has 0 spiro atoms. The Morgan fingerprint density at radius 2 is 1.79 bits per heavy atom. The van der Waals surface area contributed by atoms with Crippen molar-refractivity contribution in [1.82, 2.24) is 0 Å². The second-order valence-electron chi connectivity index (χ2n) is 11.3. The minimum absolute atomic E-state index is 0.347. The van der Waals surface area contributed by atoms with E-state index in [2.05, 4.69) is 71.9 Å². The highest BCUT2D eigenvalue weighted by Crippen LogP contribution is 2.63. The molecule has 6 unspecified atom stereocenters. The molecule has 2 saturated carbocycles. The Kier molecular flexibility index (Phi) is 5.30. The molecule has 4 aliphatic carbocycles. The van der Waals surface area contributed by atoms with Crippen LogP contribution in [-0.4, -0.2) is 0 Å². The van der Waals surface area contributed by atoms with Gasteiger partial charge in [0.2, 0.25) is 0 Å². The predicted molar refractivity (Wildman–Crippen MR) is 122 cm³/mol. The lowest BCUT2D eigenvalue weighted by molar-refractivity contribution is 0.141. The molecule has 6 atom stereocenters. The normalized spacial score (nSPS) is 39.6. The van der Waals surface area contributed by atoms with Gasteiger partial charge in [-0.05, 0) is 84.7 Å². The maximum atomic E-state index is 2.69. The molecule has 0 heteroatoms. The van der Waals surface area contributed by atoms with E-state index in [0.29, 0.717) is 22.7 Å². The summed E-state index contributed by atoms with van der Waals surface area (Å²) in [5.74, 6) is 3.69. The van der Waals surface area contributed by atoms with Gasteiger partial charge in [0.05, 0.1) is 0 Å². The van der Waals surface area contributed by atoms with Gasteiger partial charge in [-0.1, -0.05) is 83.9 Å². The maximum absolute atomic E-state index is 2.69. The lowest BCUT2D eigenvalue weighted by Crippen LogP contribution is -2.39. The average Bonchev–Trinajstić information content (AvgIpc) is 3.02. The topological polar surface area (TPSA) is 0 Å². The van der Waals surface area contributed by atoms with Gasteiger partial charge < -0.3 is 0 Å². The molecule has 2 fully saturated rings. The first kappa shape index (κ1) is 20.2. The molecular formula is C28H42. The summed E-state index contributed by atoms with van der Waals surface area (Å²) in [6.45, 7) is 14.7.